The number of carbonyl (C=O) groups excluding carboxylic acids is 1. The van der Waals surface area contributed by atoms with Gasteiger partial charge < -0.3 is 10.2 Å². The van der Waals surface area contributed by atoms with Gasteiger partial charge in [-0.05, 0) is 41.5 Å². The van der Waals surface area contributed by atoms with Gasteiger partial charge in [0.25, 0.3) is 5.91 Å². The van der Waals surface area contributed by atoms with Crippen LogP contribution in [0.15, 0.2) is 18.2 Å². The molecule has 0 aliphatic carbocycles. The Bertz CT molecular complexity index is 674. The SMILES string of the molecule is CCN(NC(=O)C=Cc1cc(C(C)(C)C)c(O)c(C(C)(C)C)c1)C(=O)O. The number of nitrogens with zero attached hydrogens (tertiary/aromatic N) is 1. The van der Waals surface area contributed by atoms with Crippen LogP contribution in [-0.4, -0.2) is 33.8 Å². The molecule has 0 saturated carbocycles. The van der Waals surface area contributed by atoms with Gasteiger partial charge in [-0.3, -0.25) is 10.2 Å². The highest BCUT2D eigenvalue weighted by Gasteiger charge is 2.26. The van der Waals surface area contributed by atoms with Crippen LogP contribution in [0.4, 0.5) is 4.79 Å². The van der Waals surface area contributed by atoms with Crippen molar-refractivity contribution < 1.29 is 19.8 Å². The number of rotatable bonds is 3. The quantitative estimate of drug-likeness (QED) is 0.559. The molecule has 1 rings (SSSR count). The lowest BCUT2D eigenvalue weighted by atomic mass is 9.78. The van der Waals surface area contributed by atoms with Crippen LogP contribution in [0.2, 0.25) is 0 Å². The zero-order valence-electron chi connectivity index (χ0n) is 16.7. The summed E-state index contributed by atoms with van der Waals surface area (Å²) in [5.41, 5.74) is 4.13. The molecule has 0 aromatic heterocycles. The number of phenols is 1. The van der Waals surface area contributed by atoms with Gasteiger partial charge in [-0.15, -0.1) is 0 Å². The van der Waals surface area contributed by atoms with E-state index < -0.39 is 12.0 Å². The molecule has 0 aliphatic rings. The monoisotopic (exact) mass is 362 g/mol. The summed E-state index contributed by atoms with van der Waals surface area (Å²) in [5, 5.41) is 20.5. The van der Waals surface area contributed by atoms with E-state index >= 15 is 0 Å². The van der Waals surface area contributed by atoms with Gasteiger partial charge in [-0.25, -0.2) is 9.80 Å². The minimum Gasteiger partial charge on any atom is -0.507 e. The number of hydrogen-bond donors (Lipinski definition) is 3. The van der Waals surface area contributed by atoms with Gasteiger partial charge in [0.1, 0.15) is 5.75 Å². The van der Waals surface area contributed by atoms with Crippen molar-refractivity contribution in [1.29, 1.82) is 0 Å². The van der Waals surface area contributed by atoms with E-state index in [1.807, 2.05) is 53.7 Å². The zero-order valence-corrected chi connectivity index (χ0v) is 16.7. The Morgan fingerprint density at radius 2 is 1.54 bits per heavy atom. The minimum atomic E-state index is -1.22. The van der Waals surface area contributed by atoms with Crippen LogP contribution in [0.1, 0.15) is 65.2 Å². The molecule has 0 unspecified atom stereocenters. The van der Waals surface area contributed by atoms with Crippen molar-refractivity contribution >= 4 is 18.1 Å². The fourth-order valence-electron chi connectivity index (χ4n) is 2.50. The molecule has 0 fully saturated rings. The Balaban J connectivity index is 3.24. The number of nitrogens with one attached hydrogen (secondary N) is 1. The van der Waals surface area contributed by atoms with Crippen molar-refractivity contribution in [2.75, 3.05) is 6.54 Å². The molecule has 1 aromatic rings. The van der Waals surface area contributed by atoms with E-state index in [0.717, 1.165) is 21.7 Å². The van der Waals surface area contributed by atoms with Crippen LogP contribution in [-0.2, 0) is 15.6 Å². The number of carbonyl (C=O) groups is 2. The molecule has 0 saturated heterocycles. The summed E-state index contributed by atoms with van der Waals surface area (Å²) in [6, 6.07) is 3.70. The maximum Gasteiger partial charge on any atom is 0.426 e. The number of phenolic OH excluding ortho intramolecular Hbond substituents is 1. The van der Waals surface area contributed by atoms with Crippen LogP contribution in [0, 0.1) is 0 Å². The number of hydrogen-bond acceptors (Lipinski definition) is 3. The van der Waals surface area contributed by atoms with Gasteiger partial charge in [0.15, 0.2) is 0 Å². The molecule has 1 aromatic carbocycles. The summed E-state index contributed by atoms with van der Waals surface area (Å²) >= 11 is 0. The van der Waals surface area contributed by atoms with Gasteiger partial charge in [0.2, 0.25) is 0 Å². The molecule has 0 spiro atoms. The molecule has 6 heteroatoms. The lowest BCUT2D eigenvalue weighted by molar-refractivity contribution is -0.120. The maximum atomic E-state index is 12.0. The molecule has 0 bridgehead atoms. The summed E-state index contributed by atoms with van der Waals surface area (Å²) in [6.45, 7) is 13.9. The third kappa shape index (κ3) is 5.51. The van der Waals surface area contributed by atoms with Crippen LogP contribution in [0.25, 0.3) is 6.08 Å². The van der Waals surface area contributed by atoms with Gasteiger partial charge >= 0.3 is 6.09 Å². The number of aromatic hydroxyl groups is 1. The van der Waals surface area contributed by atoms with E-state index in [-0.39, 0.29) is 23.1 Å². The third-order valence-electron chi connectivity index (χ3n) is 3.97. The van der Waals surface area contributed by atoms with Crippen LogP contribution in [0.3, 0.4) is 0 Å². The van der Waals surface area contributed by atoms with Gasteiger partial charge in [-0.2, -0.15) is 0 Å². The van der Waals surface area contributed by atoms with Crippen molar-refractivity contribution in [2.24, 2.45) is 0 Å². The zero-order chi connectivity index (χ0) is 20.3. The average Bonchev–Trinajstić information content (AvgIpc) is 2.48. The summed E-state index contributed by atoms with van der Waals surface area (Å²) in [7, 11) is 0. The summed E-state index contributed by atoms with van der Waals surface area (Å²) in [5.74, 6) is -0.258. The molecule has 0 aliphatic heterocycles. The molecule has 0 radical (unpaired) electrons. The highest BCUT2D eigenvalue weighted by molar-refractivity contribution is 5.92. The lowest BCUT2D eigenvalue weighted by Gasteiger charge is -2.27. The predicted molar refractivity (Wildman–Crippen MR) is 103 cm³/mol. The predicted octanol–water partition coefficient (Wildman–Crippen LogP) is 4.03. The number of carboxylic acid groups (broad SMARTS) is 1. The molecule has 2 amide bonds. The Morgan fingerprint density at radius 1 is 1.08 bits per heavy atom. The highest BCUT2D eigenvalue weighted by atomic mass is 16.4. The third-order valence-corrected chi connectivity index (χ3v) is 3.97. The van der Waals surface area contributed by atoms with Crippen molar-refractivity contribution in [3.05, 3.63) is 34.9 Å². The summed E-state index contributed by atoms with van der Waals surface area (Å²) < 4.78 is 0. The second-order valence-corrected chi connectivity index (χ2v) is 8.30. The van der Waals surface area contributed by atoms with Crippen LogP contribution < -0.4 is 5.43 Å². The maximum absolute atomic E-state index is 12.0. The fraction of sp³-hybridized carbons (Fsp3) is 0.500. The molecule has 6 nitrogen and oxygen atoms in total. The van der Waals surface area contributed by atoms with Gasteiger partial charge in [-0.1, -0.05) is 41.5 Å². The normalized spacial score (nSPS) is 12.3. The topological polar surface area (TPSA) is 89.9 Å². The number of amides is 2. The Morgan fingerprint density at radius 3 is 1.88 bits per heavy atom. The van der Waals surface area contributed by atoms with Crippen molar-refractivity contribution in [3.63, 3.8) is 0 Å². The first-order valence-electron chi connectivity index (χ1n) is 8.64. The van der Waals surface area contributed by atoms with Gasteiger partial charge in [0.05, 0.1) is 0 Å². The Labute approximate surface area is 155 Å². The van der Waals surface area contributed by atoms with Crippen LogP contribution >= 0.6 is 0 Å². The molecule has 26 heavy (non-hydrogen) atoms. The van der Waals surface area contributed by atoms with Gasteiger partial charge in [0, 0.05) is 23.7 Å². The molecule has 3 N–H and O–H groups in total. The first-order chi connectivity index (χ1) is 11.8. The minimum absolute atomic E-state index is 0.149. The van der Waals surface area contributed by atoms with Crippen molar-refractivity contribution in [2.45, 2.75) is 59.3 Å². The van der Waals surface area contributed by atoms with Crippen molar-refractivity contribution in [1.82, 2.24) is 10.4 Å². The number of hydrazine groups is 1. The second-order valence-electron chi connectivity index (χ2n) is 8.30. The van der Waals surface area contributed by atoms with Crippen molar-refractivity contribution in [3.8, 4) is 5.75 Å². The Kier molecular flexibility index (Phi) is 6.47. The second kappa shape index (κ2) is 7.81. The van der Waals surface area contributed by atoms with E-state index in [4.69, 9.17) is 5.11 Å². The largest absolute Gasteiger partial charge is 0.507 e. The standard InChI is InChI=1S/C20H30N2O4/c1-8-22(18(25)26)21-16(23)10-9-13-11-14(19(2,3)4)17(24)15(12-13)20(5,6)7/h9-12,24H,8H2,1-7H3,(H,21,23)(H,25,26). The molecule has 144 valence electrons. The lowest BCUT2D eigenvalue weighted by Crippen LogP contribution is -2.44. The van der Waals surface area contributed by atoms with E-state index in [2.05, 4.69) is 5.43 Å². The smallest absolute Gasteiger partial charge is 0.426 e. The van der Waals surface area contributed by atoms with E-state index in [0.29, 0.717) is 0 Å². The molecular formula is C20H30N2O4. The molecule has 0 atom stereocenters. The molecular weight excluding hydrogens is 332 g/mol. The summed E-state index contributed by atoms with van der Waals surface area (Å²) in [4.78, 5) is 22.9. The Hall–Kier alpha value is -2.50. The van der Waals surface area contributed by atoms with E-state index in [1.54, 1.807) is 13.0 Å². The fourth-order valence-corrected chi connectivity index (χ4v) is 2.50. The highest BCUT2D eigenvalue weighted by Crippen LogP contribution is 2.39. The first-order valence-corrected chi connectivity index (χ1v) is 8.64. The number of benzene rings is 1. The summed E-state index contributed by atoms with van der Waals surface area (Å²) in [6.07, 6.45) is 1.69. The average molecular weight is 362 g/mol. The van der Waals surface area contributed by atoms with E-state index in [1.165, 1.54) is 6.08 Å². The molecule has 0 heterocycles. The van der Waals surface area contributed by atoms with E-state index in [9.17, 15) is 14.7 Å². The first kappa shape index (κ1) is 21.5. The van der Waals surface area contributed by atoms with Crippen LogP contribution in [0.5, 0.6) is 5.75 Å².